The predicted molar refractivity (Wildman–Crippen MR) is 111 cm³/mol. The van der Waals surface area contributed by atoms with Crippen LogP contribution in [0.25, 0.3) is 11.3 Å². The molecule has 0 radical (unpaired) electrons. The van der Waals surface area contributed by atoms with Crippen LogP contribution in [0.5, 0.6) is 5.75 Å². The van der Waals surface area contributed by atoms with Crippen LogP contribution < -0.4 is 9.64 Å². The van der Waals surface area contributed by atoms with Gasteiger partial charge in [-0.2, -0.15) is 4.31 Å². The summed E-state index contributed by atoms with van der Waals surface area (Å²) in [5.74, 6) is 0.710. The molecule has 0 N–H and O–H groups in total. The smallest absolute Gasteiger partial charge is 0.246 e. The summed E-state index contributed by atoms with van der Waals surface area (Å²) in [5, 5.41) is 8.59. The monoisotopic (exact) mass is 428 g/mol. The average molecular weight is 428 g/mol. The van der Waals surface area contributed by atoms with Gasteiger partial charge in [0.05, 0.1) is 12.8 Å². The summed E-state index contributed by atoms with van der Waals surface area (Å²) in [4.78, 5) is 1.68. The first-order chi connectivity index (χ1) is 14.5. The number of methoxy groups -OCH3 is 1. The van der Waals surface area contributed by atoms with E-state index in [0.29, 0.717) is 18.9 Å². The molecule has 0 atom stereocenters. The van der Waals surface area contributed by atoms with Crippen LogP contribution in [0.3, 0.4) is 0 Å². The molecule has 30 heavy (non-hydrogen) atoms. The van der Waals surface area contributed by atoms with E-state index in [9.17, 15) is 12.8 Å². The largest absolute Gasteiger partial charge is 0.497 e. The number of hydrogen-bond donors (Lipinski definition) is 0. The Morgan fingerprint density at radius 3 is 2.20 bits per heavy atom. The summed E-state index contributed by atoms with van der Waals surface area (Å²) in [7, 11) is -2.25. The van der Waals surface area contributed by atoms with E-state index in [0.717, 1.165) is 23.1 Å². The highest BCUT2D eigenvalue weighted by molar-refractivity contribution is 7.89. The molecule has 0 saturated carbocycles. The Kier molecular flexibility index (Phi) is 5.65. The number of halogens is 1. The van der Waals surface area contributed by atoms with Gasteiger partial charge in [0.1, 0.15) is 16.5 Å². The molecule has 3 aromatic rings. The van der Waals surface area contributed by atoms with E-state index in [2.05, 4.69) is 10.2 Å². The van der Waals surface area contributed by atoms with Crippen LogP contribution in [0.2, 0.25) is 0 Å². The van der Waals surface area contributed by atoms with Crippen LogP contribution in [0.15, 0.2) is 65.6 Å². The standard InChI is InChI=1S/C21H21FN4O3S/c1-29-17-8-6-16(7-9-17)19-10-11-21(24-23-19)25-12-14-26(15-13-25)30(27,28)20-5-3-2-4-18(20)22/h2-11H,12-15H2,1H3. The highest BCUT2D eigenvalue weighted by Gasteiger charge is 2.30. The second-order valence-electron chi connectivity index (χ2n) is 6.83. The van der Waals surface area contributed by atoms with Gasteiger partial charge in [0.2, 0.25) is 10.0 Å². The first kappa shape index (κ1) is 20.2. The van der Waals surface area contributed by atoms with Gasteiger partial charge in [-0.15, -0.1) is 10.2 Å². The first-order valence-corrected chi connectivity index (χ1v) is 10.9. The zero-order valence-electron chi connectivity index (χ0n) is 16.4. The number of piperazine rings is 1. The molecule has 9 heteroatoms. The van der Waals surface area contributed by atoms with Crippen molar-refractivity contribution in [1.82, 2.24) is 14.5 Å². The maximum absolute atomic E-state index is 14.0. The van der Waals surface area contributed by atoms with E-state index in [-0.39, 0.29) is 18.0 Å². The van der Waals surface area contributed by atoms with Crippen LogP contribution in [0.4, 0.5) is 10.2 Å². The van der Waals surface area contributed by atoms with Crippen LogP contribution in [0.1, 0.15) is 0 Å². The molecule has 1 aliphatic heterocycles. The molecule has 2 aromatic carbocycles. The lowest BCUT2D eigenvalue weighted by molar-refractivity contribution is 0.381. The van der Waals surface area contributed by atoms with Crippen LogP contribution in [0, 0.1) is 5.82 Å². The minimum absolute atomic E-state index is 0.249. The summed E-state index contributed by atoms with van der Waals surface area (Å²) >= 11 is 0. The van der Waals surface area contributed by atoms with Crippen LogP contribution >= 0.6 is 0 Å². The summed E-state index contributed by atoms with van der Waals surface area (Å²) in [5.41, 5.74) is 1.66. The van der Waals surface area contributed by atoms with Crippen molar-refractivity contribution in [2.75, 3.05) is 38.2 Å². The predicted octanol–water partition coefficient (Wildman–Crippen LogP) is 2.80. The summed E-state index contributed by atoms with van der Waals surface area (Å²) in [6.07, 6.45) is 0. The van der Waals surface area contributed by atoms with Crippen molar-refractivity contribution in [1.29, 1.82) is 0 Å². The molecule has 1 aromatic heterocycles. The van der Waals surface area contributed by atoms with E-state index in [4.69, 9.17) is 4.74 Å². The van der Waals surface area contributed by atoms with E-state index >= 15 is 0 Å². The Morgan fingerprint density at radius 2 is 1.60 bits per heavy atom. The van der Waals surface area contributed by atoms with Crippen molar-refractivity contribution in [3.8, 4) is 17.0 Å². The highest BCUT2D eigenvalue weighted by Crippen LogP contribution is 2.24. The summed E-state index contributed by atoms with van der Waals surface area (Å²) in [6, 6.07) is 16.7. The number of hydrogen-bond acceptors (Lipinski definition) is 6. The molecule has 4 rings (SSSR count). The Hall–Kier alpha value is -3.04. The van der Waals surface area contributed by atoms with Crippen molar-refractivity contribution in [2.24, 2.45) is 0 Å². The Bertz CT molecular complexity index is 1110. The average Bonchev–Trinajstić information content (AvgIpc) is 2.79. The van der Waals surface area contributed by atoms with Crippen molar-refractivity contribution in [2.45, 2.75) is 4.90 Å². The number of rotatable bonds is 5. The molecule has 0 unspecified atom stereocenters. The Labute approximate surface area is 174 Å². The molecule has 2 heterocycles. The van der Waals surface area contributed by atoms with E-state index in [1.807, 2.05) is 41.3 Å². The van der Waals surface area contributed by atoms with Gasteiger partial charge in [-0.1, -0.05) is 12.1 Å². The third-order valence-electron chi connectivity index (χ3n) is 5.05. The number of sulfonamides is 1. The molecule has 1 saturated heterocycles. The van der Waals surface area contributed by atoms with Gasteiger partial charge in [0, 0.05) is 31.7 Å². The van der Waals surface area contributed by atoms with E-state index < -0.39 is 15.8 Å². The zero-order valence-corrected chi connectivity index (χ0v) is 17.2. The van der Waals surface area contributed by atoms with Gasteiger partial charge in [-0.25, -0.2) is 12.8 Å². The van der Waals surface area contributed by atoms with E-state index in [1.54, 1.807) is 7.11 Å². The fourth-order valence-corrected chi connectivity index (χ4v) is 4.85. The van der Waals surface area contributed by atoms with Crippen molar-refractivity contribution in [3.05, 3.63) is 66.5 Å². The van der Waals surface area contributed by atoms with Gasteiger partial charge in [-0.3, -0.25) is 0 Å². The lowest BCUT2D eigenvalue weighted by Gasteiger charge is -2.34. The molecule has 1 aliphatic rings. The van der Waals surface area contributed by atoms with Crippen molar-refractivity contribution < 1.29 is 17.5 Å². The van der Waals surface area contributed by atoms with Crippen molar-refractivity contribution in [3.63, 3.8) is 0 Å². The van der Waals surface area contributed by atoms with Gasteiger partial charge >= 0.3 is 0 Å². The number of nitrogens with zero attached hydrogens (tertiary/aromatic N) is 4. The molecular formula is C21H21FN4O3S. The number of benzene rings is 2. The lowest BCUT2D eigenvalue weighted by atomic mass is 10.1. The summed E-state index contributed by atoms with van der Waals surface area (Å²) < 4.78 is 45.9. The summed E-state index contributed by atoms with van der Waals surface area (Å²) in [6.45, 7) is 1.39. The lowest BCUT2D eigenvalue weighted by Crippen LogP contribution is -2.49. The minimum atomic E-state index is -3.86. The molecule has 1 fully saturated rings. The Morgan fingerprint density at radius 1 is 0.900 bits per heavy atom. The fourth-order valence-electron chi connectivity index (χ4n) is 3.36. The third-order valence-corrected chi connectivity index (χ3v) is 6.99. The third kappa shape index (κ3) is 3.99. The van der Waals surface area contributed by atoms with Crippen molar-refractivity contribution >= 4 is 15.8 Å². The van der Waals surface area contributed by atoms with Gasteiger partial charge in [0.15, 0.2) is 5.82 Å². The Balaban J connectivity index is 1.43. The first-order valence-electron chi connectivity index (χ1n) is 9.47. The molecular weight excluding hydrogens is 407 g/mol. The van der Waals surface area contributed by atoms with Crippen LogP contribution in [-0.4, -0.2) is 56.2 Å². The van der Waals surface area contributed by atoms with E-state index in [1.165, 1.54) is 22.5 Å². The SMILES string of the molecule is COc1ccc(-c2ccc(N3CCN(S(=O)(=O)c4ccccc4F)CC3)nn2)cc1. The maximum Gasteiger partial charge on any atom is 0.246 e. The second-order valence-corrected chi connectivity index (χ2v) is 8.73. The number of aromatic nitrogens is 2. The molecule has 156 valence electrons. The minimum Gasteiger partial charge on any atom is -0.497 e. The fraction of sp³-hybridized carbons (Fsp3) is 0.238. The number of anilines is 1. The molecule has 0 spiro atoms. The maximum atomic E-state index is 14.0. The zero-order chi connectivity index (χ0) is 21.1. The normalized spacial score (nSPS) is 15.2. The quantitative estimate of drug-likeness (QED) is 0.622. The topological polar surface area (TPSA) is 75.6 Å². The van der Waals surface area contributed by atoms with Gasteiger partial charge in [-0.05, 0) is 48.5 Å². The van der Waals surface area contributed by atoms with Gasteiger partial charge in [0.25, 0.3) is 0 Å². The number of ether oxygens (including phenoxy) is 1. The second kappa shape index (κ2) is 8.37. The van der Waals surface area contributed by atoms with Crippen LogP contribution in [-0.2, 0) is 10.0 Å². The highest BCUT2D eigenvalue weighted by atomic mass is 32.2. The molecule has 0 aliphatic carbocycles. The molecule has 0 bridgehead atoms. The molecule has 0 amide bonds. The molecule has 7 nitrogen and oxygen atoms in total. The van der Waals surface area contributed by atoms with Gasteiger partial charge < -0.3 is 9.64 Å².